The van der Waals surface area contributed by atoms with Crippen molar-refractivity contribution in [2.24, 2.45) is 11.3 Å². The molecule has 7 nitrogen and oxygen atoms in total. The van der Waals surface area contributed by atoms with Gasteiger partial charge in [-0.05, 0) is 43.2 Å². The van der Waals surface area contributed by atoms with E-state index < -0.39 is 29.3 Å². The summed E-state index contributed by atoms with van der Waals surface area (Å²) < 4.78 is 57.3. The molecule has 5 rings (SSSR count). The second kappa shape index (κ2) is 7.86. The number of alkyl halides is 3. The molecular weight excluding hydrogens is 456 g/mol. The first-order valence-corrected chi connectivity index (χ1v) is 10.5. The van der Waals surface area contributed by atoms with Gasteiger partial charge in [0.1, 0.15) is 11.6 Å². The molecule has 1 spiro atoms. The Morgan fingerprint density at radius 3 is 2.62 bits per heavy atom. The van der Waals surface area contributed by atoms with Crippen LogP contribution >= 0.6 is 0 Å². The molecule has 11 heteroatoms. The van der Waals surface area contributed by atoms with E-state index >= 15 is 0 Å². The predicted molar refractivity (Wildman–Crippen MR) is 112 cm³/mol. The number of benzene rings is 2. The fraction of sp³-hybridized carbons (Fsp3) is 0.261. The van der Waals surface area contributed by atoms with Gasteiger partial charge in [0.05, 0.1) is 22.7 Å². The molecule has 0 radical (unpaired) electrons. The third kappa shape index (κ3) is 4.09. The zero-order valence-electron chi connectivity index (χ0n) is 17.5. The van der Waals surface area contributed by atoms with Gasteiger partial charge in [-0.3, -0.25) is 9.59 Å². The number of rotatable bonds is 5. The topological polar surface area (TPSA) is 85.2 Å². The van der Waals surface area contributed by atoms with Gasteiger partial charge in [0, 0.05) is 18.2 Å². The van der Waals surface area contributed by atoms with Crippen molar-refractivity contribution in [3.05, 3.63) is 60.4 Å². The lowest BCUT2D eigenvalue weighted by Gasteiger charge is -2.13. The van der Waals surface area contributed by atoms with E-state index in [4.69, 9.17) is 0 Å². The van der Waals surface area contributed by atoms with Crippen LogP contribution < -0.4 is 15.4 Å². The molecule has 2 aliphatic rings. The van der Waals surface area contributed by atoms with Crippen LogP contribution in [0, 0.1) is 17.2 Å². The largest absolute Gasteiger partial charge is 0.573 e. The third-order valence-electron chi connectivity index (χ3n) is 6.07. The number of ether oxygens (including phenoxy) is 1. The molecule has 1 atom stereocenters. The number of carbonyl (C=O) groups excluding carboxylic acids is 2. The van der Waals surface area contributed by atoms with Crippen molar-refractivity contribution >= 4 is 17.6 Å². The van der Waals surface area contributed by atoms with Gasteiger partial charge in [-0.15, -0.1) is 18.3 Å². The lowest BCUT2D eigenvalue weighted by molar-refractivity contribution is -0.274. The highest BCUT2D eigenvalue weighted by Gasteiger charge is 2.61. The van der Waals surface area contributed by atoms with Gasteiger partial charge in [0.2, 0.25) is 11.8 Å². The SMILES string of the molecule is O=C(Nc1cc(-c2cccc(OC(F)(F)F)c2)n(-c2cccc(F)c2)n1)[C@H]1CNC(=O)C12CC2. The molecule has 1 aliphatic heterocycles. The van der Waals surface area contributed by atoms with Gasteiger partial charge in [-0.25, -0.2) is 9.07 Å². The normalized spacial score (nSPS) is 18.6. The molecule has 2 amide bonds. The number of aromatic nitrogens is 2. The molecule has 0 bridgehead atoms. The Balaban J connectivity index is 1.50. The van der Waals surface area contributed by atoms with Gasteiger partial charge in [0.15, 0.2) is 5.82 Å². The molecular formula is C23H18F4N4O3. The molecule has 1 saturated carbocycles. The quantitative estimate of drug-likeness (QED) is 0.547. The van der Waals surface area contributed by atoms with Crippen LogP contribution in [0.1, 0.15) is 12.8 Å². The van der Waals surface area contributed by atoms with Crippen molar-refractivity contribution in [2.45, 2.75) is 19.2 Å². The van der Waals surface area contributed by atoms with Gasteiger partial charge in [-0.2, -0.15) is 0 Å². The number of halogens is 4. The standard InChI is InChI=1S/C23H18F4N4O3/c24-14-4-2-5-15(10-14)31-18(13-3-1-6-16(9-13)34-23(25,26)27)11-19(30-31)29-20(32)17-12-28-21(33)22(17)7-8-22/h1-6,9-11,17H,7-8,12H2,(H,28,33)(H,29,30,32)/t17-/m1/s1. The van der Waals surface area contributed by atoms with Crippen molar-refractivity contribution in [3.63, 3.8) is 0 Å². The summed E-state index contributed by atoms with van der Waals surface area (Å²) in [5, 5.41) is 9.77. The maximum Gasteiger partial charge on any atom is 0.573 e. The van der Waals surface area contributed by atoms with Crippen molar-refractivity contribution in [1.82, 2.24) is 15.1 Å². The summed E-state index contributed by atoms with van der Waals surface area (Å²) in [5.41, 5.74) is 0.223. The minimum Gasteiger partial charge on any atom is -0.406 e. The summed E-state index contributed by atoms with van der Waals surface area (Å²) in [6.07, 6.45) is -3.61. The van der Waals surface area contributed by atoms with Gasteiger partial charge in [-0.1, -0.05) is 18.2 Å². The van der Waals surface area contributed by atoms with Crippen LogP contribution in [0.5, 0.6) is 5.75 Å². The van der Waals surface area contributed by atoms with Crippen LogP contribution in [0.15, 0.2) is 54.6 Å². The first-order valence-electron chi connectivity index (χ1n) is 10.5. The number of amides is 2. The van der Waals surface area contributed by atoms with E-state index in [0.717, 1.165) is 6.07 Å². The monoisotopic (exact) mass is 474 g/mol. The van der Waals surface area contributed by atoms with Crippen molar-refractivity contribution in [1.29, 1.82) is 0 Å². The first kappa shape index (κ1) is 21.9. The summed E-state index contributed by atoms with van der Waals surface area (Å²) in [7, 11) is 0. The molecule has 34 heavy (non-hydrogen) atoms. The van der Waals surface area contributed by atoms with E-state index in [-0.39, 0.29) is 24.2 Å². The Hall–Kier alpha value is -3.89. The van der Waals surface area contributed by atoms with Crippen LogP contribution in [0.25, 0.3) is 16.9 Å². The lowest BCUT2D eigenvalue weighted by Crippen LogP contribution is -2.30. The summed E-state index contributed by atoms with van der Waals surface area (Å²) in [6, 6.07) is 12.2. The van der Waals surface area contributed by atoms with E-state index in [1.54, 1.807) is 12.1 Å². The molecule has 2 aromatic carbocycles. The number of carbonyl (C=O) groups is 2. The van der Waals surface area contributed by atoms with E-state index in [2.05, 4.69) is 20.5 Å². The number of nitrogens with one attached hydrogen (secondary N) is 2. The highest BCUT2D eigenvalue weighted by molar-refractivity contribution is 6.01. The van der Waals surface area contributed by atoms with Crippen molar-refractivity contribution < 1.29 is 31.9 Å². The minimum absolute atomic E-state index is 0.113. The number of nitrogens with zero attached hydrogens (tertiary/aromatic N) is 2. The average molecular weight is 474 g/mol. The summed E-state index contributed by atoms with van der Waals surface area (Å²) in [4.78, 5) is 25.0. The second-order valence-corrected chi connectivity index (χ2v) is 8.29. The highest BCUT2D eigenvalue weighted by atomic mass is 19.4. The summed E-state index contributed by atoms with van der Waals surface area (Å²) in [6.45, 7) is 0.221. The van der Waals surface area contributed by atoms with Gasteiger partial charge < -0.3 is 15.4 Å². The molecule has 2 fully saturated rings. The second-order valence-electron chi connectivity index (χ2n) is 8.29. The smallest absolute Gasteiger partial charge is 0.406 e. The van der Waals surface area contributed by atoms with Crippen LogP contribution in [-0.4, -0.2) is 34.5 Å². The van der Waals surface area contributed by atoms with E-state index in [0.29, 0.717) is 29.8 Å². The molecule has 176 valence electrons. The Bertz CT molecular complexity index is 1280. The molecule has 0 unspecified atom stereocenters. The molecule has 1 saturated heterocycles. The van der Waals surface area contributed by atoms with Crippen molar-refractivity contribution in [2.75, 3.05) is 11.9 Å². The van der Waals surface area contributed by atoms with Crippen LogP contribution in [0.2, 0.25) is 0 Å². The van der Waals surface area contributed by atoms with E-state index in [1.807, 2.05) is 0 Å². The van der Waals surface area contributed by atoms with Crippen LogP contribution in [0.3, 0.4) is 0 Å². The Labute approximate surface area is 190 Å². The number of hydrogen-bond donors (Lipinski definition) is 2. The minimum atomic E-state index is -4.87. The van der Waals surface area contributed by atoms with Crippen LogP contribution in [-0.2, 0) is 9.59 Å². The lowest BCUT2D eigenvalue weighted by atomic mass is 9.91. The van der Waals surface area contributed by atoms with E-state index in [9.17, 15) is 27.2 Å². The van der Waals surface area contributed by atoms with E-state index in [1.165, 1.54) is 41.1 Å². The maximum atomic E-state index is 13.9. The highest BCUT2D eigenvalue weighted by Crippen LogP contribution is 2.54. The third-order valence-corrected chi connectivity index (χ3v) is 6.07. The molecule has 3 aromatic rings. The Kier molecular flexibility index (Phi) is 5.07. The predicted octanol–water partition coefficient (Wildman–Crippen LogP) is 4.04. The molecule has 2 heterocycles. The maximum absolute atomic E-state index is 13.9. The fourth-order valence-corrected chi connectivity index (χ4v) is 4.30. The first-order chi connectivity index (χ1) is 16.1. The van der Waals surface area contributed by atoms with Crippen molar-refractivity contribution in [3.8, 4) is 22.7 Å². The molecule has 1 aliphatic carbocycles. The summed E-state index contributed by atoms with van der Waals surface area (Å²) in [5.74, 6) is -1.94. The average Bonchev–Trinajstić information content (AvgIpc) is 3.35. The van der Waals surface area contributed by atoms with Gasteiger partial charge >= 0.3 is 6.36 Å². The summed E-state index contributed by atoms with van der Waals surface area (Å²) >= 11 is 0. The zero-order valence-corrected chi connectivity index (χ0v) is 17.5. The fourth-order valence-electron chi connectivity index (χ4n) is 4.30. The Morgan fingerprint density at radius 2 is 1.91 bits per heavy atom. The number of anilines is 1. The van der Waals surface area contributed by atoms with Crippen LogP contribution in [0.4, 0.5) is 23.4 Å². The molecule has 2 N–H and O–H groups in total. The van der Waals surface area contributed by atoms with Gasteiger partial charge in [0.25, 0.3) is 0 Å². The zero-order chi connectivity index (χ0) is 24.1. The molecule has 1 aromatic heterocycles. The number of hydrogen-bond acceptors (Lipinski definition) is 4. The Morgan fingerprint density at radius 1 is 1.15 bits per heavy atom.